The first-order chi connectivity index (χ1) is 7.85. The smallest absolute Gasteiger partial charge is 0.248 e. The molecule has 0 aromatic rings. The van der Waals surface area contributed by atoms with Crippen molar-refractivity contribution in [1.82, 2.24) is 5.32 Å². The SMILES string of the molecule is CCOC(C)(C)CNCC1CCCC(F)(F)C1. The Labute approximate surface area is 103 Å². The first-order valence-electron chi connectivity index (χ1n) is 6.57. The fourth-order valence-corrected chi connectivity index (χ4v) is 2.47. The van der Waals surface area contributed by atoms with Crippen molar-refractivity contribution in [2.45, 2.75) is 58.0 Å². The molecular formula is C13H25F2NO. The van der Waals surface area contributed by atoms with Gasteiger partial charge in [-0.3, -0.25) is 0 Å². The molecule has 2 nitrogen and oxygen atoms in total. The molecule has 0 aliphatic heterocycles. The van der Waals surface area contributed by atoms with E-state index >= 15 is 0 Å². The molecule has 0 aromatic heterocycles. The molecular weight excluding hydrogens is 224 g/mol. The van der Waals surface area contributed by atoms with Crippen molar-refractivity contribution < 1.29 is 13.5 Å². The van der Waals surface area contributed by atoms with Crippen LogP contribution in [0.15, 0.2) is 0 Å². The summed E-state index contributed by atoms with van der Waals surface area (Å²) in [6.07, 6.45) is 1.66. The molecule has 17 heavy (non-hydrogen) atoms. The standard InChI is InChI=1S/C13H25F2NO/c1-4-17-12(2,3)10-16-9-11-6-5-7-13(14,15)8-11/h11,16H,4-10H2,1-3H3. The lowest BCUT2D eigenvalue weighted by Gasteiger charge is -2.31. The molecule has 4 heteroatoms. The second kappa shape index (κ2) is 6.10. The van der Waals surface area contributed by atoms with Crippen LogP contribution in [-0.4, -0.2) is 31.2 Å². The van der Waals surface area contributed by atoms with Gasteiger partial charge in [0, 0.05) is 26.0 Å². The normalized spacial score (nSPS) is 24.9. The summed E-state index contributed by atoms with van der Waals surface area (Å²) in [6.45, 7) is 8.05. The molecule has 0 aromatic carbocycles. The third-order valence-corrected chi connectivity index (χ3v) is 3.26. The molecule has 1 unspecified atom stereocenters. The quantitative estimate of drug-likeness (QED) is 0.780. The first-order valence-corrected chi connectivity index (χ1v) is 6.57. The Morgan fingerprint density at radius 3 is 2.71 bits per heavy atom. The van der Waals surface area contributed by atoms with Crippen molar-refractivity contribution in [3.05, 3.63) is 0 Å². The van der Waals surface area contributed by atoms with Gasteiger partial charge >= 0.3 is 0 Å². The average Bonchev–Trinajstić information content (AvgIpc) is 2.15. The summed E-state index contributed by atoms with van der Waals surface area (Å²) in [6, 6.07) is 0. The van der Waals surface area contributed by atoms with Gasteiger partial charge in [-0.25, -0.2) is 8.78 Å². The van der Waals surface area contributed by atoms with Crippen molar-refractivity contribution in [2.75, 3.05) is 19.7 Å². The minimum Gasteiger partial charge on any atom is -0.375 e. The van der Waals surface area contributed by atoms with Crippen molar-refractivity contribution in [3.63, 3.8) is 0 Å². The van der Waals surface area contributed by atoms with Gasteiger partial charge in [-0.1, -0.05) is 0 Å². The van der Waals surface area contributed by atoms with E-state index in [1.165, 1.54) is 0 Å². The molecule has 1 N–H and O–H groups in total. The molecule has 0 heterocycles. The van der Waals surface area contributed by atoms with E-state index in [4.69, 9.17) is 4.74 Å². The van der Waals surface area contributed by atoms with Crippen LogP contribution in [0.25, 0.3) is 0 Å². The van der Waals surface area contributed by atoms with E-state index in [-0.39, 0.29) is 24.4 Å². The van der Waals surface area contributed by atoms with Crippen LogP contribution >= 0.6 is 0 Å². The van der Waals surface area contributed by atoms with Crippen LogP contribution in [0, 0.1) is 5.92 Å². The summed E-state index contributed by atoms with van der Waals surface area (Å²) in [5, 5.41) is 3.26. The summed E-state index contributed by atoms with van der Waals surface area (Å²) < 4.78 is 31.9. The van der Waals surface area contributed by atoms with Crippen LogP contribution in [0.4, 0.5) is 8.78 Å². The molecule has 0 amide bonds. The summed E-state index contributed by atoms with van der Waals surface area (Å²) in [5.41, 5.74) is -0.216. The lowest BCUT2D eigenvalue weighted by Crippen LogP contribution is -2.41. The molecule has 102 valence electrons. The van der Waals surface area contributed by atoms with Crippen LogP contribution in [0.5, 0.6) is 0 Å². The molecule has 0 saturated heterocycles. The monoisotopic (exact) mass is 249 g/mol. The third kappa shape index (κ3) is 5.77. The van der Waals surface area contributed by atoms with E-state index in [0.29, 0.717) is 26.1 Å². The topological polar surface area (TPSA) is 21.3 Å². The van der Waals surface area contributed by atoms with Gasteiger partial charge in [0.15, 0.2) is 0 Å². The third-order valence-electron chi connectivity index (χ3n) is 3.26. The summed E-state index contributed by atoms with van der Waals surface area (Å²) in [5.74, 6) is -2.34. The Kier molecular flexibility index (Phi) is 5.32. The van der Waals surface area contributed by atoms with Gasteiger partial charge in [-0.05, 0) is 46.1 Å². The number of halogens is 2. The summed E-state index contributed by atoms with van der Waals surface area (Å²) in [7, 11) is 0. The van der Waals surface area contributed by atoms with E-state index in [9.17, 15) is 8.78 Å². The lowest BCUT2D eigenvalue weighted by molar-refractivity contribution is -0.0534. The summed E-state index contributed by atoms with van der Waals surface area (Å²) in [4.78, 5) is 0. The summed E-state index contributed by atoms with van der Waals surface area (Å²) >= 11 is 0. The second-order valence-electron chi connectivity index (χ2n) is 5.64. The van der Waals surface area contributed by atoms with Crippen molar-refractivity contribution in [1.29, 1.82) is 0 Å². The molecule has 1 aliphatic carbocycles. The first kappa shape index (κ1) is 14.8. The van der Waals surface area contributed by atoms with Crippen molar-refractivity contribution in [2.24, 2.45) is 5.92 Å². The van der Waals surface area contributed by atoms with Crippen molar-refractivity contribution in [3.8, 4) is 0 Å². The molecule has 1 aliphatic rings. The Balaban J connectivity index is 2.22. The molecule has 0 bridgehead atoms. The zero-order valence-corrected chi connectivity index (χ0v) is 11.2. The number of hydrogen-bond donors (Lipinski definition) is 1. The Morgan fingerprint density at radius 2 is 2.12 bits per heavy atom. The predicted octanol–water partition coefficient (Wildman–Crippen LogP) is 3.22. The maximum absolute atomic E-state index is 13.2. The van der Waals surface area contributed by atoms with E-state index in [2.05, 4.69) is 5.32 Å². The number of ether oxygens (including phenoxy) is 1. The zero-order valence-electron chi connectivity index (χ0n) is 11.2. The number of alkyl halides is 2. The Bertz CT molecular complexity index is 231. The van der Waals surface area contributed by atoms with Crippen LogP contribution < -0.4 is 5.32 Å². The van der Waals surface area contributed by atoms with E-state index in [1.54, 1.807) is 0 Å². The van der Waals surface area contributed by atoms with Gasteiger partial charge in [0.05, 0.1) is 5.60 Å². The maximum atomic E-state index is 13.2. The number of nitrogens with one attached hydrogen (secondary N) is 1. The van der Waals surface area contributed by atoms with Crippen LogP contribution in [0.3, 0.4) is 0 Å². The van der Waals surface area contributed by atoms with Gasteiger partial charge < -0.3 is 10.1 Å². The van der Waals surface area contributed by atoms with Gasteiger partial charge in [-0.2, -0.15) is 0 Å². The fraction of sp³-hybridized carbons (Fsp3) is 1.00. The number of hydrogen-bond acceptors (Lipinski definition) is 2. The van der Waals surface area contributed by atoms with Crippen molar-refractivity contribution >= 4 is 0 Å². The zero-order chi connectivity index (χ0) is 12.9. The van der Waals surface area contributed by atoms with E-state index in [0.717, 1.165) is 6.42 Å². The van der Waals surface area contributed by atoms with Crippen LogP contribution in [0.2, 0.25) is 0 Å². The van der Waals surface area contributed by atoms with Gasteiger partial charge in [0.2, 0.25) is 5.92 Å². The highest BCUT2D eigenvalue weighted by Gasteiger charge is 2.36. The maximum Gasteiger partial charge on any atom is 0.248 e. The molecule has 0 spiro atoms. The fourth-order valence-electron chi connectivity index (χ4n) is 2.47. The Hall–Kier alpha value is -0.220. The van der Waals surface area contributed by atoms with E-state index in [1.807, 2.05) is 20.8 Å². The minimum absolute atomic E-state index is 0.0368. The molecule has 1 fully saturated rings. The number of rotatable bonds is 6. The predicted molar refractivity (Wildman–Crippen MR) is 65.5 cm³/mol. The molecule has 1 saturated carbocycles. The molecule has 1 atom stereocenters. The van der Waals surface area contributed by atoms with Crippen LogP contribution in [-0.2, 0) is 4.74 Å². The van der Waals surface area contributed by atoms with Crippen LogP contribution in [0.1, 0.15) is 46.5 Å². The molecule has 1 rings (SSSR count). The highest BCUT2D eigenvalue weighted by atomic mass is 19.3. The second-order valence-corrected chi connectivity index (χ2v) is 5.64. The molecule has 0 radical (unpaired) electrons. The van der Waals surface area contributed by atoms with E-state index < -0.39 is 5.92 Å². The largest absolute Gasteiger partial charge is 0.375 e. The lowest BCUT2D eigenvalue weighted by atomic mass is 9.86. The minimum atomic E-state index is -2.44. The van der Waals surface area contributed by atoms with Gasteiger partial charge in [-0.15, -0.1) is 0 Å². The van der Waals surface area contributed by atoms with Gasteiger partial charge in [0.1, 0.15) is 0 Å². The average molecular weight is 249 g/mol. The van der Waals surface area contributed by atoms with Gasteiger partial charge in [0.25, 0.3) is 0 Å². The Morgan fingerprint density at radius 1 is 1.41 bits per heavy atom. The highest BCUT2D eigenvalue weighted by molar-refractivity contribution is 4.81. The highest BCUT2D eigenvalue weighted by Crippen LogP contribution is 2.36.